The lowest BCUT2D eigenvalue weighted by molar-refractivity contribution is 0.395. The normalized spacial score (nSPS) is 12.2. The topological polar surface area (TPSA) is 60.2 Å². The van der Waals surface area contributed by atoms with E-state index in [-0.39, 0.29) is 17.7 Å². The number of nitrogens with zero attached hydrogens (tertiary/aromatic N) is 2. The molecule has 7 heteroatoms. The zero-order valence-corrected chi connectivity index (χ0v) is 13.8. The lowest BCUT2D eigenvalue weighted by Crippen LogP contribution is -2.19. The van der Waals surface area contributed by atoms with Crippen LogP contribution in [0.25, 0.3) is 11.5 Å². The highest BCUT2D eigenvalue weighted by Crippen LogP contribution is 2.26. The summed E-state index contributed by atoms with van der Waals surface area (Å²) in [7, 11) is 1.54. The average molecular weight is 345 g/mol. The molecule has 1 aromatic heterocycles. The highest BCUT2D eigenvalue weighted by molar-refractivity contribution is 5.51. The largest absolute Gasteiger partial charge is 0.496 e. The van der Waals surface area contributed by atoms with Crippen molar-refractivity contribution in [3.63, 3.8) is 0 Å². The van der Waals surface area contributed by atoms with E-state index in [0.717, 1.165) is 0 Å². The van der Waals surface area contributed by atoms with Crippen molar-refractivity contribution in [2.45, 2.75) is 19.5 Å². The van der Waals surface area contributed by atoms with Crippen LogP contribution in [-0.2, 0) is 6.54 Å². The lowest BCUT2D eigenvalue weighted by atomic mass is 10.1. The van der Waals surface area contributed by atoms with Gasteiger partial charge in [-0.2, -0.15) is 0 Å². The Bertz CT molecular complexity index is 850. The molecule has 0 radical (unpaired) electrons. The van der Waals surface area contributed by atoms with Gasteiger partial charge < -0.3 is 14.5 Å². The summed E-state index contributed by atoms with van der Waals surface area (Å²) in [6, 6.07) is 9.97. The van der Waals surface area contributed by atoms with Gasteiger partial charge in [0.05, 0.1) is 13.7 Å². The second-order valence-corrected chi connectivity index (χ2v) is 5.50. The first-order chi connectivity index (χ1) is 12.1. The summed E-state index contributed by atoms with van der Waals surface area (Å²) in [4.78, 5) is 0. The van der Waals surface area contributed by atoms with E-state index in [1.165, 1.54) is 31.4 Å². The highest BCUT2D eigenvalue weighted by Gasteiger charge is 2.14. The van der Waals surface area contributed by atoms with Crippen LogP contribution in [0.1, 0.15) is 24.4 Å². The number of benzene rings is 2. The summed E-state index contributed by atoms with van der Waals surface area (Å²) >= 11 is 0. The summed E-state index contributed by atoms with van der Waals surface area (Å²) in [5.41, 5.74) is 1.33. The first-order valence-corrected chi connectivity index (χ1v) is 7.72. The number of hydrogen-bond acceptors (Lipinski definition) is 5. The van der Waals surface area contributed by atoms with E-state index in [1.54, 1.807) is 18.2 Å². The molecule has 25 heavy (non-hydrogen) atoms. The Kier molecular flexibility index (Phi) is 5.04. The van der Waals surface area contributed by atoms with Crippen LogP contribution >= 0.6 is 0 Å². The first kappa shape index (κ1) is 17.0. The molecule has 3 rings (SSSR count). The van der Waals surface area contributed by atoms with E-state index >= 15 is 0 Å². The fraction of sp³-hybridized carbons (Fsp3) is 0.222. The van der Waals surface area contributed by atoms with Gasteiger partial charge in [0.2, 0.25) is 11.8 Å². The van der Waals surface area contributed by atoms with Gasteiger partial charge in [-0.1, -0.05) is 0 Å². The van der Waals surface area contributed by atoms with Crippen LogP contribution in [0.15, 0.2) is 46.9 Å². The van der Waals surface area contributed by atoms with Gasteiger partial charge in [-0.05, 0) is 49.4 Å². The van der Waals surface area contributed by atoms with Crippen molar-refractivity contribution in [3.05, 3.63) is 65.6 Å². The van der Waals surface area contributed by atoms with Gasteiger partial charge in [0.25, 0.3) is 0 Å². The van der Waals surface area contributed by atoms with Crippen LogP contribution in [0.5, 0.6) is 5.75 Å². The Morgan fingerprint density at radius 3 is 2.52 bits per heavy atom. The van der Waals surface area contributed by atoms with Crippen LogP contribution in [0, 0.1) is 11.6 Å². The van der Waals surface area contributed by atoms with E-state index in [4.69, 9.17) is 9.15 Å². The Labute approximate surface area is 143 Å². The number of methoxy groups -OCH3 is 1. The average Bonchev–Trinajstić information content (AvgIpc) is 3.09. The van der Waals surface area contributed by atoms with Gasteiger partial charge in [0, 0.05) is 17.2 Å². The fourth-order valence-corrected chi connectivity index (χ4v) is 2.43. The Morgan fingerprint density at radius 1 is 1.08 bits per heavy atom. The summed E-state index contributed by atoms with van der Waals surface area (Å²) in [5, 5.41) is 11.1. The summed E-state index contributed by atoms with van der Waals surface area (Å²) in [6.45, 7) is 2.18. The van der Waals surface area contributed by atoms with Crippen LogP contribution in [0.2, 0.25) is 0 Å². The SMILES string of the molecule is COc1ccc(F)cc1[C@@H](C)NCc1nnc(-c2ccc(F)cc2)o1. The molecule has 0 fully saturated rings. The lowest BCUT2D eigenvalue weighted by Gasteiger charge is -2.16. The maximum atomic E-state index is 13.5. The van der Waals surface area contributed by atoms with E-state index in [9.17, 15) is 8.78 Å². The molecule has 5 nitrogen and oxygen atoms in total. The van der Waals surface area contributed by atoms with Crippen molar-refractivity contribution >= 4 is 0 Å². The van der Waals surface area contributed by atoms with Gasteiger partial charge in [-0.3, -0.25) is 0 Å². The van der Waals surface area contributed by atoms with E-state index < -0.39 is 0 Å². The van der Waals surface area contributed by atoms with Gasteiger partial charge in [0.15, 0.2) is 0 Å². The molecular formula is C18H17F2N3O2. The van der Waals surface area contributed by atoms with Crippen LogP contribution in [0.4, 0.5) is 8.78 Å². The zero-order chi connectivity index (χ0) is 17.8. The summed E-state index contributed by atoms with van der Waals surface area (Å²) in [5.74, 6) is 0.622. The van der Waals surface area contributed by atoms with Gasteiger partial charge in [0.1, 0.15) is 17.4 Å². The monoisotopic (exact) mass is 345 g/mol. The molecule has 3 aromatic rings. The molecule has 1 heterocycles. The molecule has 0 aliphatic carbocycles. The Morgan fingerprint density at radius 2 is 1.80 bits per heavy atom. The number of hydrogen-bond donors (Lipinski definition) is 1. The predicted octanol–water partition coefficient (Wildman–Crippen LogP) is 3.87. The van der Waals surface area contributed by atoms with Crippen LogP contribution < -0.4 is 10.1 Å². The minimum Gasteiger partial charge on any atom is -0.496 e. The van der Waals surface area contributed by atoms with Gasteiger partial charge in [-0.15, -0.1) is 10.2 Å². The number of ether oxygens (including phenoxy) is 1. The third-order valence-corrected chi connectivity index (χ3v) is 3.78. The highest BCUT2D eigenvalue weighted by atomic mass is 19.1. The smallest absolute Gasteiger partial charge is 0.247 e. The molecule has 0 aliphatic heterocycles. The quantitative estimate of drug-likeness (QED) is 0.735. The zero-order valence-electron chi connectivity index (χ0n) is 13.8. The minimum absolute atomic E-state index is 0.188. The molecule has 0 spiro atoms. The third kappa shape index (κ3) is 4.00. The second kappa shape index (κ2) is 7.40. The second-order valence-electron chi connectivity index (χ2n) is 5.50. The van der Waals surface area contributed by atoms with Crippen molar-refractivity contribution in [1.29, 1.82) is 0 Å². The maximum absolute atomic E-state index is 13.5. The molecule has 0 bridgehead atoms. The third-order valence-electron chi connectivity index (χ3n) is 3.78. The van der Waals surface area contributed by atoms with E-state index in [0.29, 0.717) is 35.2 Å². The minimum atomic E-state index is -0.333. The summed E-state index contributed by atoms with van der Waals surface area (Å²) in [6.07, 6.45) is 0. The molecule has 1 atom stereocenters. The molecule has 0 aliphatic rings. The molecule has 0 amide bonds. The molecule has 0 saturated carbocycles. The summed E-state index contributed by atoms with van der Waals surface area (Å²) < 4.78 is 37.3. The fourth-order valence-electron chi connectivity index (χ4n) is 2.43. The molecule has 2 aromatic carbocycles. The Hall–Kier alpha value is -2.80. The molecule has 130 valence electrons. The molecular weight excluding hydrogens is 328 g/mol. The molecule has 0 saturated heterocycles. The maximum Gasteiger partial charge on any atom is 0.247 e. The van der Waals surface area contributed by atoms with Crippen molar-refractivity contribution in [1.82, 2.24) is 15.5 Å². The van der Waals surface area contributed by atoms with Crippen molar-refractivity contribution in [2.24, 2.45) is 0 Å². The van der Waals surface area contributed by atoms with Crippen LogP contribution in [-0.4, -0.2) is 17.3 Å². The van der Waals surface area contributed by atoms with Crippen LogP contribution in [0.3, 0.4) is 0 Å². The van der Waals surface area contributed by atoms with Crippen molar-refractivity contribution in [3.8, 4) is 17.2 Å². The van der Waals surface area contributed by atoms with Crippen molar-refractivity contribution < 1.29 is 17.9 Å². The first-order valence-electron chi connectivity index (χ1n) is 7.72. The van der Waals surface area contributed by atoms with Gasteiger partial charge in [-0.25, -0.2) is 8.78 Å². The Balaban J connectivity index is 1.68. The van der Waals surface area contributed by atoms with Crippen molar-refractivity contribution in [2.75, 3.05) is 7.11 Å². The molecule has 0 unspecified atom stereocenters. The number of aromatic nitrogens is 2. The van der Waals surface area contributed by atoms with E-state index in [1.807, 2.05) is 6.92 Å². The number of nitrogens with one attached hydrogen (secondary N) is 1. The van der Waals surface area contributed by atoms with E-state index in [2.05, 4.69) is 15.5 Å². The number of halogens is 2. The molecule has 1 N–H and O–H groups in total. The predicted molar refractivity (Wildman–Crippen MR) is 87.9 cm³/mol. The standard InChI is InChI=1S/C18H17F2N3O2/c1-11(15-9-14(20)7-8-16(15)24-2)21-10-17-22-23-18(25-17)12-3-5-13(19)6-4-12/h3-9,11,21H,10H2,1-2H3/t11-/m1/s1. The van der Waals surface area contributed by atoms with Gasteiger partial charge >= 0.3 is 0 Å². The number of rotatable bonds is 6.